The number of fused-ring (bicyclic) bond motifs is 1. The normalized spacial score (nSPS) is 10.8. The van der Waals surface area contributed by atoms with Gasteiger partial charge in [0, 0.05) is 15.9 Å². The van der Waals surface area contributed by atoms with Crippen LogP contribution in [0.5, 0.6) is 0 Å². The quantitative estimate of drug-likeness (QED) is 0.801. The second-order valence-corrected chi connectivity index (χ2v) is 5.74. The number of carbonyl (C=O) groups excluding carboxylic acids is 1. The number of pyridine rings is 1. The van der Waals surface area contributed by atoms with Gasteiger partial charge in [-0.15, -0.1) is 0 Å². The molecule has 0 saturated carbocycles. The molecule has 5 nitrogen and oxygen atoms in total. The van der Waals surface area contributed by atoms with Gasteiger partial charge >= 0.3 is 0 Å². The van der Waals surface area contributed by atoms with E-state index in [2.05, 4.69) is 31.5 Å². The number of amides is 1. The Morgan fingerprint density at radius 3 is 2.90 bits per heavy atom. The molecule has 0 bridgehead atoms. The number of hydrogen-bond donors (Lipinski definition) is 3. The topological polar surface area (TPSA) is 80.0 Å². The van der Waals surface area contributed by atoms with Gasteiger partial charge in [-0.3, -0.25) is 9.78 Å². The number of aromatic nitrogens is 1. The Balaban J connectivity index is 2.26. The third-order valence-corrected chi connectivity index (χ3v) is 3.23. The average Bonchev–Trinajstić information content (AvgIpc) is 2.36. The second-order valence-electron chi connectivity index (χ2n) is 4.83. The van der Waals surface area contributed by atoms with Crippen LogP contribution in [0.15, 0.2) is 28.9 Å². The minimum atomic E-state index is -0.0700. The molecule has 0 aliphatic heterocycles. The van der Waals surface area contributed by atoms with Gasteiger partial charge in [0.2, 0.25) is 5.91 Å². The van der Waals surface area contributed by atoms with E-state index in [9.17, 15) is 4.79 Å². The smallest absolute Gasteiger partial charge is 0.239 e. The van der Waals surface area contributed by atoms with E-state index in [0.717, 1.165) is 21.1 Å². The van der Waals surface area contributed by atoms with Crippen molar-refractivity contribution in [3.63, 3.8) is 0 Å². The lowest BCUT2D eigenvalue weighted by molar-refractivity contribution is -0.119. The van der Waals surface area contributed by atoms with Crippen molar-refractivity contribution in [3.8, 4) is 0 Å². The zero-order valence-corrected chi connectivity index (χ0v) is 13.0. The number of nitrogen functional groups attached to an aromatic ring is 1. The highest BCUT2D eigenvalue weighted by molar-refractivity contribution is 9.10. The van der Waals surface area contributed by atoms with E-state index in [4.69, 9.17) is 5.73 Å². The lowest BCUT2D eigenvalue weighted by Crippen LogP contribution is -2.35. The summed E-state index contributed by atoms with van der Waals surface area (Å²) in [6.07, 6.45) is 1.60. The highest BCUT2D eigenvalue weighted by Gasteiger charge is 2.09. The van der Waals surface area contributed by atoms with Gasteiger partial charge in [-0.2, -0.15) is 0 Å². The molecule has 0 saturated heterocycles. The average molecular weight is 337 g/mol. The number of nitrogens with two attached hydrogens (primary N) is 1. The van der Waals surface area contributed by atoms with Crippen LogP contribution >= 0.6 is 15.9 Å². The number of anilines is 2. The molecule has 1 aromatic heterocycles. The van der Waals surface area contributed by atoms with E-state index in [-0.39, 0.29) is 18.5 Å². The molecular weight excluding hydrogens is 320 g/mol. The summed E-state index contributed by atoms with van der Waals surface area (Å²) in [5, 5.41) is 6.80. The van der Waals surface area contributed by atoms with Crippen LogP contribution in [-0.2, 0) is 4.79 Å². The van der Waals surface area contributed by atoms with Gasteiger partial charge in [-0.1, -0.05) is 15.9 Å². The summed E-state index contributed by atoms with van der Waals surface area (Å²) in [7, 11) is 0. The van der Waals surface area contributed by atoms with Gasteiger partial charge in [0.05, 0.1) is 29.6 Å². The monoisotopic (exact) mass is 336 g/mol. The fourth-order valence-electron chi connectivity index (χ4n) is 1.92. The fourth-order valence-corrected chi connectivity index (χ4v) is 2.28. The van der Waals surface area contributed by atoms with Crippen molar-refractivity contribution in [2.75, 3.05) is 17.6 Å². The van der Waals surface area contributed by atoms with E-state index in [0.29, 0.717) is 5.69 Å². The molecule has 106 valence electrons. The number of benzene rings is 1. The van der Waals surface area contributed by atoms with Crippen LogP contribution in [0.3, 0.4) is 0 Å². The number of carbonyl (C=O) groups is 1. The molecule has 0 spiro atoms. The summed E-state index contributed by atoms with van der Waals surface area (Å²) < 4.78 is 0.937. The van der Waals surface area contributed by atoms with Crippen LogP contribution in [0.1, 0.15) is 13.8 Å². The van der Waals surface area contributed by atoms with E-state index in [1.54, 1.807) is 6.20 Å². The number of nitrogens with zero attached hydrogens (tertiary/aromatic N) is 1. The van der Waals surface area contributed by atoms with Crippen LogP contribution in [0.25, 0.3) is 10.9 Å². The van der Waals surface area contributed by atoms with Gasteiger partial charge in [-0.05, 0) is 32.0 Å². The molecule has 0 aliphatic rings. The van der Waals surface area contributed by atoms with Crippen molar-refractivity contribution in [1.29, 1.82) is 0 Å². The number of halogens is 1. The standard InChI is InChI=1S/C14H17BrN4O/c1-8(2)19-13(20)7-18-14-10-5-9(15)3-4-12(10)17-6-11(14)16/h3-6,8H,7,16H2,1-2H3,(H,17,18)(H,19,20). The summed E-state index contributed by atoms with van der Waals surface area (Å²) in [4.78, 5) is 16.0. The van der Waals surface area contributed by atoms with E-state index in [1.165, 1.54) is 0 Å². The van der Waals surface area contributed by atoms with Crippen molar-refractivity contribution in [3.05, 3.63) is 28.9 Å². The van der Waals surface area contributed by atoms with E-state index >= 15 is 0 Å². The van der Waals surface area contributed by atoms with Crippen molar-refractivity contribution in [2.24, 2.45) is 0 Å². The minimum Gasteiger partial charge on any atom is -0.396 e. The largest absolute Gasteiger partial charge is 0.396 e. The lowest BCUT2D eigenvalue weighted by Gasteiger charge is -2.13. The Kier molecular flexibility index (Phi) is 4.44. The third kappa shape index (κ3) is 3.39. The molecule has 20 heavy (non-hydrogen) atoms. The van der Waals surface area contributed by atoms with Crippen molar-refractivity contribution >= 4 is 44.1 Å². The number of nitrogens with one attached hydrogen (secondary N) is 2. The predicted octanol–water partition coefficient (Wildman–Crippen LogP) is 2.52. The molecule has 2 aromatic rings. The molecule has 0 unspecified atom stereocenters. The molecule has 6 heteroatoms. The molecular formula is C14H17BrN4O. The van der Waals surface area contributed by atoms with Gasteiger partial charge in [0.25, 0.3) is 0 Å². The molecule has 0 atom stereocenters. The molecule has 0 radical (unpaired) electrons. The van der Waals surface area contributed by atoms with Crippen molar-refractivity contribution in [2.45, 2.75) is 19.9 Å². The molecule has 1 amide bonds. The SMILES string of the molecule is CC(C)NC(=O)CNc1c(N)cnc2ccc(Br)cc12. The van der Waals surface area contributed by atoms with Gasteiger partial charge in [-0.25, -0.2) is 0 Å². The Morgan fingerprint density at radius 2 is 2.20 bits per heavy atom. The van der Waals surface area contributed by atoms with Gasteiger partial charge in [0.15, 0.2) is 0 Å². The molecule has 1 aromatic carbocycles. The molecule has 4 N–H and O–H groups in total. The van der Waals surface area contributed by atoms with Crippen molar-refractivity contribution < 1.29 is 4.79 Å². The van der Waals surface area contributed by atoms with Crippen LogP contribution in [0.4, 0.5) is 11.4 Å². The zero-order valence-electron chi connectivity index (χ0n) is 11.4. The summed E-state index contributed by atoms with van der Waals surface area (Å²) in [6, 6.07) is 5.87. The maximum Gasteiger partial charge on any atom is 0.239 e. The van der Waals surface area contributed by atoms with Crippen LogP contribution in [0.2, 0.25) is 0 Å². The van der Waals surface area contributed by atoms with Crippen molar-refractivity contribution in [1.82, 2.24) is 10.3 Å². The molecule has 1 heterocycles. The molecule has 2 rings (SSSR count). The summed E-state index contributed by atoms with van der Waals surface area (Å²) in [5.74, 6) is -0.0700. The zero-order chi connectivity index (χ0) is 14.7. The van der Waals surface area contributed by atoms with Gasteiger partial charge < -0.3 is 16.4 Å². The first-order chi connectivity index (χ1) is 9.47. The Morgan fingerprint density at radius 1 is 1.45 bits per heavy atom. The molecule has 0 aliphatic carbocycles. The Hall–Kier alpha value is -1.82. The van der Waals surface area contributed by atoms with Gasteiger partial charge in [0.1, 0.15) is 0 Å². The lowest BCUT2D eigenvalue weighted by atomic mass is 10.1. The summed E-state index contributed by atoms with van der Waals surface area (Å²) in [5.41, 5.74) is 8.03. The van der Waals surface area contributed by atoms with Crippen LogP contribution in [0, 0.1) is 0 Å². The maximum absolute atomic E-state index is 11.7. The van der Waals surface area contributed by atoms with E-state index in [1.807, 2.05) is 32.0 Å². The van der Waals surface area contributed by atoms with Crippen LogP contribution < -0.4 is 16.4 Å². The highest BCUT2D eigenvalue weighted by atomic mass is 79.9. The maximum atomic E-state index is 11.7. The fraction of sp³-hybridized carbons (Fsp3) is 0.286. The molecule has 0 fully saturated rings. The highest BCUT2D eigenvalue weighted by Crippen LogP contribution is 2.29. The summed E-state index contributed by atoms with van der Waals surface area (Å²) >= 11 is 3.43. The first-order valence-electron chi connectivity index (χ1n) is 6.34. The first kappa shape index (κ1) is 14.6. The Labute approximate surface area is 126 Å². The third-order valence-electron chi connectivity index (χ3n) is 2.73. The van der Waals surface area contributed by atoms with E-state index < -0.39 is 0 Å². The van der Waals surface area contributed by atoms with Crippen LogP contribution in [-0.4, -0.2) is 23.5 Å². The number of hydrogen-bond acceptors (Lipinski definition) is 4. The first-order valence-corrected chi connectivity index (χ1v) is 7.13. The Bertz CT molecular complexity index is 637. The second kappa shape index (κ2) is 6.09. The predicted molar refractivity (Wildman–Crippen MR) is 85.6 cm³/mol. The summed E-state index contributed by atoms with van der Waals surface area (Å²) in [6.45, 7) is 4.02. The minimum absolute atomic E-state index is 0.0700. The number of rotatable bonds is 4.